The molecule has 3 nitrogen and oxygen atoms in total. The highest BCUT2D eigenvalue weighted by molar-refractivity contribution is 5.49. The SMILES string of the molecule is C/C(=C\COc1cccc(N(C)C)c1)CO. The van der Waals surface area contributed by atoms with Crippen LogP contribution in [0.5, 0.6) is 5.75 Å². The van der Waals surface area contributed by atoms with Gasteiger partial charge in [-0.15, -0.1) is 0 Å². The van der Waals surface area contributed by atoms with Gasteiger partial charge in [0.2, 0.25) is 0 Å². The van der Waals surface area contributed by atoms with Crippen LogP contribution in [0.3, 0.4) is 0 Å². The second kappa shape index (κ2) is 6.18. The van der Waals surface area contributed by atoms with Gasteiger partial charge in [-0.3, -0.25) is 0 Å². The Kier molecular flexibility index (Phi) is 4.86. The number of hydrogen-bond donors (Lipinski definition) is 1. The zero-order valence-corrected chi connectivity index (χ0v) is 10.1. The van der Waals surface area contributed by atoms with E-state index in [-0.39, 0.29) is 6.61 Å². The zero-order chi connectivity index (χ0) is 12.0. The molecule has 0 aliphatic heterocycles. The summed E-state index contributed by atoms with van der Waals surface area (Å²) < 4.78 is 5.56. The highest BCUT2D eigenvalue weighted by Crippen LogP contribution is 2.19. The molecule has 1 rings (SSSR count). The van der Waals surface area contributed by atoms with Crippen LogP contribution >= 0.6 is 0 Å². The lowest BCUT2D eigenvalue weighted by molar-refractivity contribution is 0.325. The van der Waals surface area contributed by atoms with Crippen molar-refractivity contribution < 1.29 is 9.84 Å². The van der Waals surface area contributed by atoms with Crippen LogP contribution in [0.2, 0.25) is 0 Å². The van der Waals surface area contributed by atoms with Gasteiger partial charge in [0.1, 0.15) is 12.4 Å². The molecule has 0 unspecified atom stereocenters. The molecule has 16 heavy (non-hydrogen) atoms. The lowest BCUT2D eigenvalue weighted by Crippen LogP contribution is -2.08. The van der Waals surface area contributed by atoms with Crippen LogP contribution in [0.25, 0.3) is 0 Å². The summed E-state index contributed by atoms with van der Waals surface area (Å²) in [5, 5.41) is 8.82. The average molecular weight is 221 g/mol. The Labute approximate surface area is 97.0 Å². The summed E-state index contributed by atoms with van der Waals surface area (Å²) in [7, 11) is 3.99. The first kappa shape index (κ1) is 12.6. The number of ether oxygens (including phenoxy) is 1. The maximum absolute atomic E-state index is 8.82. The second-order valence-corrected chi connectivity index (χ2v) is 3.91. The molecule has 0 aliphatic rings. The van der Waals surface area contributed by atoms with Crippen molar-refractivity contribution in [2.75, 3.05) is 32.2 Å². The molecule has 1 aromatic rings. The molecule has 0 aliphatic carbocycles. The number of rotatable bonds is 5. The fraction of sp³-hybridized carbons (Fsp3) is 0.385. The quantitative estimate of drug-likeness (QED) is 0.773. The van der Waals surface area contributed by atoms with Crippen LogP contribution in [0, 0.1) is 0 Å². The molecular formula is C13H19NO2. The first-order valence-corrected chi connectivity index (χ1v) is 5.30. The third kappa shape index (κ3) is 3.95. The third-order valence-corrected chi connectivity index (χ3v) is 2.27. The minimum Gasteiger partial charge on any atom is -0.489 e. The normalized spacial score (nSPS) is 11.4. The van der Waals surface area contributed by atoms with Crippen LogP contribution in [0.4, 0.5) is 5.69 Å². The first-order valence-electron chi connectivity index (χ1n) is 5.30. The molecule has 0 saturated heterocycles. The Morgan fingerprint density at radius 2 is 2.19 bits per heavy atom. The van der Waals surface area contributed by atoms with Gasteiger partial charge < -0.3 is 14.7 Å². The lowest BCUT2D eigenvalue weighted by Gasteiger charge is -2.13. The molecule has 0 radical (unpaired) electrons. The standard InChI is InChI=1S/C13H19NO2/c1-11(10-15)7-8-16-13-6-4-5-12(9-13)14(2)3/h4-7,9,15H,8,10H2,1-3H3/b11-7+. The predicted molar refractivity (Wildman–Crippen MR) is 67.1 cm³/mol. The number of benzene rings is 1. The Hall–Kier alpha value is -1.48. The molecular weight excluding hydrogens is 202 g/mol. The summed E-state index contributed by atoms with van der Waals surface area (Å²) in [6, 6.07) is 7.91. The minimum absolute atomic E-state index is 0.0844. The van der Waals surface area contributed by atoms with Crippen molar-refractivity contribution in [2.45, 2.75) is 6.92 Å². The van der Waals surface area contributed by atoms with Crippen molar-refractivity contribution >= 4 is 5.69 Å². The number of hydrogen-bond acceptors (Lipinski definition) is 3. The van der Waals surface area contributed by atoms with Gasteiger partial charge in [0, 0.05) is 25.8 Å². The second-order valence-electron chi connectivity index (χ2n) is 3.91. The van der Waals surface area contributed by atoms with E-state index in [0.717, 1.165) is 17.0 Å². The van der Waals surface area contributed by atoms with Gasteiger partial charge in [-0.05, 0) is 30.7 Å². The van der Waals surface area contributed by atoms with E-state index < -0.39 is 0 Å². The highest BCUT2D eigenvalue weighted by atomic mass is 16.5. The number of nitrogens with zero attached hydrogens (tertiary/aromatic N) is 1. The van der Waals surface area contributed by atoms with E-state index >= 15 is 0 Å². The van der Waals surface area contributed by atoms with Gasteiger partial charge in [0.05, 0.1) is 6.61 Å². The summed E-state index contributed by atoms with van der Waals surface area (Å²) in [6.45, 7) is 2.45. The number of aliphatic hydroxyl groups excluding tert-OH is 1. The maximum Gasteiger partial charge on any atom is 0.121 e. The Balaban J connectivity index is 2.57. The molecule has 0 atom stereocenters. The molecule has 1 N–H and O–H groups in total. The monoisotopic (exact) mass is 221 g/mol. The Bertz CT molecular complexity index is 359. The molecule has 0 spiro atoms. The van der Waals surface area contributed by atoms with Crippen molar-refractivity contribution in [3.8, 4) is 5.75 Å². The number of aliphatic hydroxyl groups is 1. The molecule has 1 aromatic carbocycles. The van der Waals surface area contributed by atoms with Crippen molar-refractivity contribution in [1.82, 2.24) is 0 Å². The van der Waals surface area contributed by atoms with Crippen molar-refractivity contribution in [1.29, 1.82) is 0 Å². The van der Waals surface area contributed by atoms with Gasteiger partial charge in [-0.2, -0.15) is 0 Å². The minimum atomic E-state index is 0.0844. The van der Waals surface area contributed by atoms with Gasteiger partial charge in [-0.1, -0.05) is 6.07 Å². The maximum atomic E-state index is 8.82. The highest BCUT2D eigenvalue weighted by Gasteiger charge is 1.97. The average Bonchev–Trinajstić information content (AvgIpc) is 2.29. The third-order valence-electron chi connectivity index (χ3n) is 2.27. The topological polar surface area (TPSA) is 32.7 Å². The zero-order valence-electron chi connectivity index (χ0n) is 10.1. The Morgan fingerprint density at radius 1 is 1.44 bits per heavy atom. The fourth-order valence-electron chi connectivity index (χ4n) is 1.20. The molecule has 0 saturated carbocycles. The van der Waals surface area contributed by atoms with Crippen molar-refractivity contribution in [3.63, 3.8) is 0 Å². The molecule has 0 amide bonds. The van der Waals surface area contributed by atoms with Gasteiger partial charge >= 0.3 is 0 Å². The molecule has 3 heteroatoms. The van der Waals surface area contributed by atoms with Gasteiger partial charge in [-0.25, -0.2) is 0 Å². The van der Waals surface area contributed by atoms with Crippen molar-refractivity contribution in [2.24, 2.45) is 0 Å². The van der Waals surface area contributed by atoms with Crippen molar-refractivity contribution in [3.05, 3.63) is 35.9 Å². The van der Waals surface area contributed by atoms with E-state index in [4.69, 9.17) is 9.84 Å². The molecule has 0 bridgehead atoms. The summed E-state index contributed by atoms with van der Waals surface area (Å²) in [4.78, 5) is 2.03. The summed E-state index contributed by atoms with van der Waals surface area (Å²) >= 11 is 0. The van der Waals surface area contributed by atoms with Gasteiger partial charge in [0.15, 0.2) is 0 Å². The van der Waals surface area contributed by atoms with Gasteiger partial charge in [0.25, 0.3) is 0 Å². The van der Waals surface area contributed by atoms with Crippen LogP contribution in [-0.2, 0) is 0 Å². The molecule has 0 aromatic heterocycles. The molecule has 88 valence electrons. The summed E-state index contributed by atoms with van der Waals surface area (Å²) in [6.07, 6.45) is 1.88. The van der Waals surface area contributed by atoms with E-state index in [9.17, 15) is 0 Å². The Morgan fingerprint density at radius 3 is 2.81 bits per heavy atom. The molecule has 0 fully saturated rings. The molecule has 0 heterocycles. The summed E-state index contributed by atoms with van der Waals surface area (Å²) in [5.74, 6) is 0.841. The van der Waals surface area contributed by atoms with E-state index in [1.54, 1.807) is 0 Å². The smallest absolute Gasteiger partial charge is 0.121 e. The van der Waals surface area contributed by atoms with E-state index in [1.807, 2.05) is 56.3 Å². The largest absolute Gasteiger partial charge is 0.489 e. The van der Waals surface area contributed by atoms with Crippen LogP contribution < -0.4 is 9.64 Å². The van der Waals surface area contributed by atoms with Crippen LogP contribution in [0.1, 0.15) is 6.92 Å². The van der Waals surface area contributed by atoms with E-state index in [1.165, 1.54) is 0 Å². The lowest BCUT2D eigenvalue weighted by atomic mass is 10.3. The summed E-state index contributed by atoms with van der Waals surface area (Å²) in [5.41, 5.74) is 2.03. The first-order chi connectivity index (χ1) is 7.63. The van der Waals surface area contributed by atoms with Crippen LogP contribution in [-0.4, -0.2) is 32.4 Å². The van der Waals surface area contributed by atoms with Crippen LogP contribution in [0.15, 0.2) is 35.9 Å². The predicted octanol–water partition coefficient (Wildman–Crippen LogP) is 2.07. The van der Waals surface area contributed by atoms with E-state index in [2.05, 4.69) is 0 Å². The number of anilines is 1. The fourth-order valence-corrected chi connectivity index (χ4v) is 1.20. The van der Waals surface area contributed by atoms with E-state index in [0.29, 0.717) is 6.61 Å².